The van der Waals surface area contributed by atoms with Crippen LogP contribution in [0.25, 0.3) is 0 Å². The smallest absolute Gasteiger partial charge is 0.271 e. The Bertz CT molecular complexity index is 539. The Balaban J connectivity index is 2.54. The lowest BCUT2D eigenvalue weighted by Crippen LogP contribution is -2.41. The minimum absolute atomic E-state index is 0.0722. The van der Waals surface area contributed by atoms with Crippen LogP contribution >= 0.6 is 11.6 Å². The molecular weight excluding hydrogens is 294 g/mol. The summed E-state index contributed by atoms with van der Waals surface area (Å²) < 4.78 is 5.51. The van der Waals surface area contributed by atoms with Gasteiger partial charge >= 0.3 is 0 Å². The normalized spacial score (nSPS) is 13.2. The third kappa shape index (κ3) is 4.59. The molecule has 0 aliphatic rings. The SMILES string of the molecule is CCC(C#N)(CCCOc1ccc([N+](=O)[O-])cc1Cl)NC. The highest BCUT2D eigenvalue weighted by atomic mass is 35.5. The zero-order valence-corrected chi connectivity index (χ0v) is 12.8. The van der Waals surface area contributed by atoms with E-state index in [9.17, 15) is 15.4 Å². The maximum absolute atomic E-state index is 10.6. The number of hydrogen-bond donors (Lipinski definition) is 1. The van der Waals surface area contributed by atoms with Crippen LogP contribution in [0.15, 0.2) is 18.2 Å². The minimum atomic E-state index is -0.539. The van der Waals surface area contributed by atoms with Crippen molar-refractivity contribution in [3.63, 3.8) is 0 Å². The fraction of sp³-hybridized carbons (Fsp3) is 0.500. The molecule has 0 saturated carbocycles. The Morgan fingerprint density at radius 2 is 2.29 bits per heavy atom. The van der Waals surface area contributed by atoms with Crippen molar-refractivity contribution in [2.75, 3.05) is 13.7 Å². The largest absolute Gasteiger partial charge is 0.492 e. The standard InChI is InChI=1S/C14H18ClN3O3/c1-3-14(10-16,17-2)7-4-8-21-13-6-5-11(18(19)20)9-12(13)15/h5-6,9,17H,3-4,7-8H2,1-2H3. The average Bonchev–Trinajstić information content (AvgIpc) is 2.49. The highest BCUT2D eigenvalue weighted by molar-refractivity contribution is 6.32. The summed E-state index contributed by atoms with van der Waals surface area (Å²) in [4.78, 5) is 10.1. The summed E-state index contributed by atoms with van der Waals surface area (Å²) in [5.41, 5.74) is -0.611. The second-order valence-electron chi connectivity index (χ2n) is 4.62. The molecule has 1 aromatic rings. The molecule has 0 aliphatic carbocycles. The molecule has 0 heterocycles. The number of benzene rings is 1. The average molecular weight is 312 g/mol. The van der Waals surface area contributed by atoms with Gasteiger partial charge in [-0.3, -0.25) is 10.1 Å². The maximum Gasteiger partial charge on any atom is 0.271 e. The van der Waals surface area contributed by atoms with Crippen molar-refractivity contribution in [2.24, 2.45) is 0 Å². The van der Waals surface area contributed by atoms with Gasteiger partial charge in [-0.05, 0) is 32.4 Å². The number of nitrogens with one attached hydrogen (secondary N) is 1. The van der Waals surface area contributed by atoms with Gasteiger partial charge in [0.15, 0.2) is 0 Å². The molecule has 7 heteroatoms. The minimum Gasteiger partial charge on any atom is -0.492 e. The van der Waals surface area contributed by atoms with Gasteiger partial charge in [0, 0.05) is 12.1 Å². The van der Waals surface area contributed by atoms with Gasteiger partial charge in [0.25, 0.3) is 5.69 Å². The van der Waals surface area contributed by atoms with Crippen LogP contribution < -0.4 is 10.1 Å². The Morgan fingerprint density at radius 1 is 1.57 bits per heavy atom. The maximum atomic E-state index is 10.6. The molecule has 1 aromatic carbocycles. The Kier molecular flexibility index (Phi) is 6.40. The Morgan fingerprint density at radius 3 is 2.76 bits per heavy atom. The summed E-state index contributed by atoms with van der Waals surface area (Å²) in [6, 6.07) is 6.37. The predicted octanol–water partition coefficient (Wildman–Crippen LogP) is 3.30. The molecule has 0 bridgehead atoms. The van der Waals surface area contributed by atoms with Crippen LogP contribution in [-0.4, -0.2) is 24.1 Å². The molecule has 0 radical (unpaired) electrons. The van der Waals surface area contributed by atoms with E-state index in [-0.39, 0.29) is 10.7 Å². The van der Waals surface area contributed by atoms with Gasteiger partial charge in [-0.1, -0.05) is 18.5 Å². The summed E-state index contributed by atoms with van der Waals surface area (Å²) >= 11 is 5.93. The van der Waals surface area contributed by atoms with E-state index in [0.29, 0.717) is 31.6 Å². The molecule has 1 unspecified atom stereocenters. The molecule has 0 aliphatic heterocycles. The van der Waals surface area contributed by atoms with Crippen LogP contribution in [0.3, 0.4) is 0 Å². The van der Waals surface area contributed by atoms with Gasteiger partial charge in [0.2, 0.25) is 0 Å². The Labute approximate surface area is 128 Å². The van der Waals surface area contributed by atoms with E-state index in [2.05, 4.69) is 11.4 Å². The van der Waals surface area contributed by atoms with Crippen molar-refractivity contribution >= 4 is 17.3 Å². The molecule has 1 N–H and O–H groups in total. The highest BCUT2D eigenvalue weighted by Gasteiger charge is 2.24. The van der Waals surface area contributed by atoms with Crippen molar-refractivity contribution in [2.45, 2.75) is 31.7 Å². The predicted molar refractivity (Wildman–Crippen MR) is 80.5 cm³/mol. The van der Waals surface area contributed by atoms with Gasteiger partial charge in [0.05, 0.1) is 22.6 Å². The number of hydrogen-bond acceptors (Lipinski definition) is 5. The van der Waals surface area contributed by atoms with Gasteiger partial charge in [-0.25, -0.2) is 0 Å². The lowest BCUT2D eigenvalue weighted by molar-refractivity contribution is -0.384. The lowest BCUT2D eigenvalue weighted by atomic mass is 9.92. The highest BCUT2D eigenvalue weighted by Crippen LogP contribution is 2.29. The second-order valence-corrected chi connectivity index (χ2v) is 5.03. The van der Waals surface area contributed by atoms with E-state index in [1.165, 1.54) is 18.2 Å². The number of rotatable bonds is 8. The van der Waals surface area contributed by atoms with Crippen molar-refractivity contribution < 1.29 is 9.66 Å². The number of nitrogens with zero attached hydrogens (tertiary/aromatic N) is 2. The van der Waals surface area contributed by atoms with Gasteiger partial charge < -0.3 is 10.1 Å². The summed E-state index contributed by atoms with van der Waals surface area (Å²) in [5.74, 6) is 0.408. The van der Waals surface area contributed by atoms with Crippen LogP contribution in [0, 0.1) is 21.4 Å². The van der Waals surface area contributed by atoms with E-state index in [4.69, 9.17) is 16.3 Å². The van der Waals surface area contributed by atoms with E-state index < -0.39 is 10.5 Å². The molecule has 21 heavy (non-hydrogen) atoms. The lowest BCUT2D eigenvalue weighted by Gasteiger charge is -2.24. The van der Waals surface area contributed by atoms with Crippen LogP contribution in [0.5, 0.6) is 5.75 Å². The van der Waals surface area contributed by atoms with Crippen LogP contribution in [0.4, 0.5) is 5.69 Å². The van der Waals surface area contributed by atoms with Crippen LogP contribution in [0.2, 0.25) is 5.02 Å². The van der Waals surface area contributed by atoms with Gasteiger partial charge in [-0.15, -0.1) is 0 Å². The number of halogens is 1. The monoisotopic (exact) mass is 311 g/mol. The summed E-state index contributed by atoms with van der Waals surface area (Å²) in [6.45, 7) is 2.34. The zero-order chi connectivity index (χ0) is 15.9. The van der Waals surface area contributed by atoms with E-state index in [1.54, 1.807) is 7.05 Å². The van der Waals surface area contributed by atoms with E-state index in [0.717, 1.165) is 0 Å². The van der Waals surface area contributed by atoms with Gasteiger partial charge in [0.1, 0.15) is 11.3 Å². The fourth-order valence-electron chi connectivity index (χ4n) is 1.95. The van der Waals surface area contributed by atoms with Crippen LogP contribution in [-0.2, 0) is 0 Å². The van der Waals surface area contributed by atoms with Crippen LogP contribution in [0.1, 0.15) is 26.2 Å². The quantitative estimate of drug-likeness (QED) is 0.452. The van der Waals surface area contributed by atoms with Crippen molar-refractivity contribution in [1.82, 2.24) is 5.32 Å². The van der Waals surface area contributed by atoms with Crippen molar-refractivity contribution in [3.05, 3.63) is 33.3 Å². The summed E-state index contributed by atoms with van der Waals surface area (Å²) in [7, 11) is 1.76. The third-order valence-electron chi connectivity index (χ3n) is 3.43. The van der Waals surface area contributed by atoms with Gasteiger partial charge in [-0.2, -0.15) is 5.26 Å². The molecule has 114 valence electrons. The van der Waals surface area contributed by atoms with Crippen molar-refractivity contribution in [3.8, 4) is 11.8 Å². The first-order valence-electron chi connectivity index (χ1n) is 6.65. The second kappa shape index (κ2) is 7.81. The molecule has 0 aromatic heterocycles. The molecule has 0 amide bonds. The summed E-state index contributed by atoms with van der Waals surface area (Å²) in [6.07, 6.45) is 2.04. The topological polar surface area (TPSA) is 88.2 Å². The molecule has 0 fully saturated rings. The molecular formula is C14H18ClN3O3. The number of non-ortho nitro benzene ring substituents is 1. The van der Waals surface area contributed by atoms with E-state index >= 15 is 0 Å². The fourth-order valence-corrected chi connectivity index (χ4v) is 2.18. The number of nitro benzene ring substituents is 1. The van der Waals surface area contributed by atoms with Crippen molar-refractivity contribution in [1.29, 1.82) is 5.26 Å². The van der Waals surface area contributed by atoms with E-state index in [1.807, 2.05) is 6.92 Å². The number of nitriles is 1. The first-order valence-corrected chi connectivity index (χ1v) is 7.02. The molecule has 6 nitrogen and oxygen atoms in total. The summed E-state index contributed by atoms with van der Waals surface area (Å²) in [5, 5.41) is 23.0. The zero-order valence-electron chi connectivity index (χ0n) is 12.1. The molecule has 1 rings (SSSR count). The Hall–Kier alpha value is -1.84. The number of ether oxygens (including phenoxy) is 1. The first kappa shape index (κ1) is 17.2. The first-order chi connectivity index (χ1) is 9.98. The molecule has 0 saturated heterocycles. The number of nitro groups is 1. The molecule has 0 spiro atoms. The third-order valence-corrected chi connectivity index (χ3v) is 3.72. The molecule has 1 atom stereocenters.